The van der Waals surface area contributed by atoms with Gasteiger partial charge in [-0.25, -0.2) is 8.42 Å². The van der Waals surface area contributed by atoms with Crippen LogP contribution in [0.4, 0.5) is 5.69 Å². The lowest BCUT2D eigenvalue weighted by molar-refractivity contribution is -0.117. The normalized spacial score (nSPS) is 21.4. The van der Waals surface area contributed by atoms with Gasteiger partial charge in [0.15, 0.2) is 11.5 Å². The molecule has 0 spiro atoms. The average Bonchev–Trinajstić information content (AvgIpc) is 3.32. The quantitative estimate of drug-likeness (QED) is 0.675. The summed E-state index contributed by atoms with van der Waals surface area (Å²) < 4.78 is 38.5. The number of benzene rings is 2. The first-order valence-electron chi connectivity index (χ1n) is 12.0. The van der Waals surface area contributed by atoms with Gasteiger partial charge in [0, 0.05) is 24.8 Å². The molecule has 3 aliphatic heterocycles. The van der Waals surface area contributed by atoms with Crippen LogP contribution < -0.4 is 14.8 Å². The zero-order valence-electron chi connectivity index (χ0n) is 19.2. The van der Waals surface area contributed by atoms with Gasteiger partial charge >= 0.3 is 0 Å². The van der Waals surface area contributed by atoms with Gasteiger partial charge in [0.2, 0.25) is 15.9 Å². The van der Waals surface area contributed by atoms with Gasteiger partial charge in [-0.1, -0.05) is 12.5 Å². The van der Waals surface area contributed by atoms with Crippen LogP contribution in [0.3, 0.4) is 0 Å². The van der Waals surface area contributed by atoms with Crippen LogP contribution in [-0.2, 0) is 14.8 Å². The molecule has 0 aliphatic carbocycles. The number of anilines is 1. The van der Waals surface area contributed by atoms with E-state index in [1.165, 1.54) is 0 Å². The number of fused-ring (bicyclic) bond motifs is 1. The summed E-state index contributed by atoms with van der Waals surface area (Å²) in [6, 6.07) is 12.7. The Kier molecular flexibility index (Phi) is 6.76. The van der Waals surface area contributed by atoms with Gasteiger partial charge in [-0.05, 0) is 74.2 Å². The number of carbonyl (C=O) groups excluding carboxylic acids is 1. The van der Waals surface area contributed by atoms with Crippen molar-refractivity contribution < 1.29 is 22.7 Å². The highest BCUT2D eigenvalue weighted by atomic mass is 32.2. The van der Waals surface area contributed by atoms with Crippen molar-refractivity contribution in [3.8, 4) is 11.5 Å². The highest BCUT2D eigenvalue weighted by Crippen LogP contribution is 2.38. The molecular weight excluding hydrogens is 454 g/mol. The van der Waals surface area contributed by atoms with E-state index in [1.54, 1.807) is 28.6 Å². The fraction of sp³-hybridized carbons (Fsp3) is 0.480. The Hall–Kier alpha value is -2.62. The molecule has 2 fully saturated rings. The van der Waals surface area contributed by atoms with Crippen LogP contribution >= 0.6 is 0 Å². The minimum Gasteiger partial charge on any atom is -0.486 e. The van der Waals surface area contributed by atoms with Crippen molar-refractivity contribution in [2.45, 2.75) is 43.0 Å². The van der Waals surface area contributed by atoms with E-state index in [4.69, 9.17) is 9.47 Å². The number of carbonyl (C=O) groups is 1. The second kappa shape index (κ2) is 9.93. The fourth-order valence-electron chi connectivity index (χ4n) is 5.01. The number of hydrogen-bond donors (Lipinski definition) is 1. The second-order valence-electron chi connectivity index (χ2n) is 9.07. The number of nitrogens with one attached hydrogen (secondary N) is 1. The molecule has 9 heteroatoms. The Bertz CT molecular complexity index is 1130. The van der Waals surface area contributed by atoms with Gasteiger partial charge in [-0.15, -0.1) is 0 Å². The molecule has 182 valence electrons. The first-order chi connectivity index (χ1) is 16.5. The smallest absolute Gasteiger partial charge is 0.243 e. The van der Waals surface area contributed by atoms with E-state index < -0.39 is 10.0 Å². The fourth-order valence-corrected chi connectivity index (χ4v) is 6.53. The number of rotatable bonds is 6. The van der Waals surface area contributed by atoms with Crippen LogP contribution in [0, 0.1) is 0 Å². The number of ether oxygens (including phenoxy) is 2. The number of hydrogen-bond acceptors (Lipinski definition) is 6. The second-order valence-corrected chi connectivity index (χ2v) is 11.0. The van der Waals surface area contributed by atoms with E-state index in [0.717, 1.165) is 55.7 Å². The summed E-state index contributed by atoms with van der Waals surface area (Å²) in [5, 5.41) is 2.92. The molecule has 1 atom stereocenters. The summed E-state index contributed by atoms with van der Waals surface area (Å²) in [4.78, 5) is 15.2. The van der Waals surface area contributed by atoms with Gasteiger partial charge in [0.25, 0.3) is 0 Å². The Balaban J connectivity index is 1.21. The maximum absolute atomic E-state index is 12.8. The molecule has 0 bridgehead atoms. The van der Waals surface area contributed by atoms with Crippen LogP contribution in [0.2, 0.25) is 0 Å². The Labute approximate surface area is 200 Å². The van der Waals surface area contributed by atoms with E-state index >= 15 is 0 Å². The molecule has 34 heavy (non-hydrogen) atoms. The molecule has 5 rings (SSSR count). The molecule has 2 aromatic carbocycles. The average molecular weight is 486 g/mol. The van der Waals surface area contributed by atoms with Gasteiger partial charge in [0.05, 0.1) is 11.4 Å². The van der Waals surface area contributed by atoms with Crippen molar-refractivity contribution in [3.63, 3.8) is 0 Å². The monoisotopic (exact) mass is 485 g/mol. The summed E-state index contributed by atoms with van der Waals surface area (Å²) in [7, 11) is -3.48. The largest absolute Gasteiger partial charge is 0.486 e. The highest BCUT2D eigenvalue weighted by Gasteiger charge is 2.29. The van der Waals surface area contributed by atoms with Gasteiger partial charge < -0.3 is 14.8 Å². The number of piperidine rings is 1. The van der Waals surface area contributed by atoms with Gasteiger partial charge in [-0.3, -0.25) is 9.69 Å². The van der Waals surface area contributed by atoms with E-state index in [2.05, 4.69) is 16.3 Å². The highest BCUT2D eigenvalue weighted by molar-refractivity contribution is 7.89. The minimum atomic E-state index is -3.48. The van der Waals surface area contributed by atoms with Crippen molar-refractivity contribution in [3.05, 3.63) is 48.0 Å². The Morgan fingerprint density at radius 3 is 2.41 bits per heavy atom. The third-order valence-corrected chi connectivity index (χ3v) is 8.67. The lowest BCUT2D eigenvalue weighted by Crippen LogP contribution is -2.35. The van der Waals surface area contributed by atoms with E-state index in [-0.39, 0.29) is 23.4 Å². The number of likely N-dealkylation sites (tertiary alicyclic amines) is 1. The zero-order chi connectivity index (χ0) is 23.5. The summed E-state index contributed by atoms with van der Waals surface area (Å²) in [5.41, 5.74) is 1.72. The molecule has 0 radical (unpaired) electrons. The van der Waals surface area contributed by atoms with Gasteiger partial charge in [-0.2, -0.15) is 4.31 Å². The summed E-state index contributed by atoms with van der Waals surface area (Å²) in [6.45, 7) is 3.37. The van der Waals surface area contributed by atoms with Crippen molar-refractivity contribution >= 4 is 21.6 Å². The number of sulfonamides is 1. The molecule has 1 N–H and O–H groups in total. The maximum atomic E-state index is 12.8. The zero-order valence-corrected chi connectivity index (χ0v) is 20.1. The standard InChI is InChI=1S/C25H31N3O5S/c29-25(26-20-7-9-21(10-8-20)34(30,31)28-13-2-1-3-14-28)18-27-12-4-5-22(27)19-6-11-23-24(17-19)33-16-15-32-23/h6-11,17,22H,1-5,12-16,18H2,(H,26,29)/t22-/m1/s1. The molecule has 0 saturated carbocycles. The van der Waals surface area contributed by atoms with Crippen molar-refractivity contribution in [1.29, 1.82) is 0 Å². The number of nitrogens with zero attached hydrogens (tertiary/aromatic N) is 2. The molecule has 0 unspecified atom stereocenters. The van der Waals surface area contributed by atoms with Gasteiger partial charge in [0.1, 0.15) is 13.2 Å². The molecule has 8 nitrogen and oxygen atoms in total. The molecule has 3 aliphatic rings. The summed E-state index contributed by atoms with van der Waals surface area (Å²) in [6.07, 6.45) is 4.88. The molecule has 1 amide bonds. The van der Waals surface area contributed by atoms with E-state index in [1.807, 2.05) is 12.1 Å². The Morgan fingerprint density at radius 1 is 0.912 bits per heavy atom. The molecule has 3 heterocycles. The van der Waals surface area contributed by atoms with Crippen LogP contribution in [0.5, 0.6) is 11.5 Å². The van der Waals surface area contributed by atoms with Crippen LogP contribution in [-0.4, -0.2) is 62.9 Å². The van der Waals surface area contributed by atoms with E-state index in [0.29, 0.717) is 32.0 Å². The van der Waals surface area contributed by atoms with Crippen LogP contribution in [0.15, 0.2) is 47.4 Å². The van der Waals surface area contributed by atoms with Crippen LogP contribution in [0.1, 0.15) is 43.7 Å². The molecule has 2 saturated heterocycles. The maximum Gasteiger partial charge on any atom is 0.243 e. The molecule has 2 aromatic rings. The first-order valence-corrected chi connectivity index (χ1v) is 13.5. The minimum absolute atomic E-state index is 0.115. The number of amides is 1. The SMILES string of the molecule is O=C(CN1CCC[C@@H]1c1ccc2c(c1)OCCO2)Nc1ccc(S(=O)(=O)N2CCCCC2)cc1. The summed E-state index contributed by atoms with van der Waals surface area (Å²) >= 11 is 0. The molecule has 0 aromatic heterocycles. The lowest BCUT2D eigenvalue weighted by Gasteiger charge is -2.26. The third-order valence-electron chi connectivity index (χ3n) is 6.75. The predicted molar refractivity (Wildman–Crippen MR) is 129 cm³/mol. The first kappa shape index (κ1) is 23.1. The van der Waals surface area contributed by atoms with Crippen molar-refractivity contribution in [2.75, 3.05) is 44.7 Å². The van der Waals surface area contributed by atoms with E-state index in [9.17, 15) is 13.2 Å². The molecular formula is C25H31N3O5S. The van der Waals surface area contributed by atoms with Crippen molar-refractivity contribution in [2.24, 2.45) is 0 Å². The summed E-state index contributed by atoms with van der Waals surface area (Å²) in [5.74, 6) is 1.42. The predicted octanol–water partition coefficient (Wildman–Crippen LogP) is 3.41. The third kappa shape index (κ3) is 4.92. The van der Waals surface area contributed by atoms with Crippen LogP contribution in [0.25, 0.3) is 0 Å². The lowest BCUT2D eigenvalue weighted by atomic mass is 10.0. The van der Waals surface area contributed by atoms with Crippen molar-refractivity contribution in [1.82, 2.24) is 9.21 Å². The topological polar surface area (TPSA) is 88.2 Å². The Morgan fingerprint density at radius 2 is 1.65 bits per heavy atom.